The molecule has 1 aromatic rings. The van der Waals surface area contributed by atoms with Crippen LogP contribution in [0.1, 0.15) is 31.7 Å². The quantitative estimate of drug-likeness (QED) is 0.533. The van der Waals surface area contributed by atoms with Gasteiger partial charge < -0.3 is 14.2 Å². The summed E-state index contributed by atoms with van der Waals surface area (Å²) < 4.78 is 45.7. The summed E-state index contributed by atoms with van der Waals surface area (Å²) in [5.41, 5.74) is 0.909. The lowest BCUT2D eigenvalue weighted by molar-refractivity contribution is -0.165. The molecule has 0 aromatic heterocycles. The molecular formula is C16H24O6S. The third-order valence-corrected chi connectivity index (χ3v) is 4.85. The number of hydrogen-bond acceptors (Lipinski definition) is 6. The third-order valence-electron chi connectivity index (χ3n) is 3.42. The number of rotatable bonds is 8. The van der Waals surface area contributed by atoms with E-state index in [9.17, 15) is 8.42 Å². The lowest BCUT2D eigenvalue weighted by Crippen LogP contribution is -2.24. The van der Waals surface area contributed by atoms with Crippen LogP contribution in [0.2, 0.25) is 0 Å². The molecule has 1 aliphatic rings. The lowest BCUT2D eigenvalue weighted by atomic mass is 10.2. The SMILES string of the molecule is CCOS(=O)(=O)c1ccc(C)cc1OCCOC1CCCCO1. The van der Waals surface area contributed by atoms with Crippen molar-refractivity contribution in [3.8, 4) is 5.75 Å². The summed E-state index contributed by atoms with van der Waals surface area (Å²) in [5.74, 6) is 0.284. The van der Waals surface area contributed by atoms with Crippen LogP contribution in [0.15, 0.2) is 23.1 Å². The third kappa shape index (κ3) is 5.46. The van der Waals surface area contributed by atoms with Gasteiger partial charge in [0, 0.05) is 6.61 Å². The highest BCUT2D eigenvalue weighted by molar-refractivity contribution is 7.86. The first-order valence-corrected chi connectivity index (χ1v) is 9.30. The maximum atomic E-state index is 12.1. The predicted molar refractivity (Wildman–Crippen MR) is 85.0 cm³/mol. The van der Waals surface area contributed by atoms with E-state index in [1.165, 1.54) is 6.07 Å². The second kappa shape index (κ2) is 8.63. The van der Waals surface area contributed by atoms with Crippen molar-refractivity contribution < 1.29 is 26.8 Å². The van der Waals surface area contributed by atoms with Crippen molar-refractivity contribution in [1.82, 2.24) is 0 Å². The minimum absolute atomic E-state index is 0.0406. The molecule has 1 aliphatic heterocycles. The standard InChI is InChI=1S/C16H24O6S/c1-3-22-23(17,18)15-8-7-13(2)12-14(15)19-10-11-21-16-6-4-5-9-20-16/h7-8,12,16H,3-6,9-11H2,1-2H3. The van der Waals surface area contributed by atoms with E-state index in [1.54, 1.807) is 19.1 Å². The highest BCUT2D eigenvalue weighted by atomic mass is 32.2. The van der Waals surface area contributed by atoms with E-state index in [0.29, 0.717) is 6.61 Å². The molecule has 1 fully saturated rings. The van der Waals surface area contributed by atoms with Crippen LogP contribution in [0.4, 0.5) is 0 Å². The fourth-order valence-electron chi connectivity index (χ4n) is 2.33. The van der Waals surface area contributed by atoms with Crippen LogP contribution in [0, 0.1) is 6.92 Å². The van der Waals surface area contributed by atoms with Gasteiger partial charge in [0.1, 0.15) is 17.3 Å². The summed E-state index contributed by atoms with van der Waals surface area (Å²) in [7, 11) is -3.81. The fraction of sp³-hybridized carbons (Fsp3) is 0.625. The predicted octanol–water partition coefficient (Wildman–Crippen LogP) is 2.64. The Morgan fingerprint density at radius 1 is 1.26 bits per heavy atom. The zero-order valence-corrected chi connectivity index (χ0v) is 14.4. The van der Waals surface area contributed by atoms with Gasteiger partial charge in [0.2, 0.25) is 0 Å². The fourth-order valence-corrected chi connectivity index (χ4v) is 3.36. The monoisotopic (exact) mass is 344 g/mol. The Bertz CT molecular complexity index is 593. The van der Waals surface area contributed by atoms with Crippen molar-refractivity contribution in [2.45, 2.75) is 44.3 Å². The van der Waals surface area contributed by atoms with Crippen LogP contribution in [-0.2, 0) is 23.8 Å². The van der Waals surface area contributed by atoms with E-state index >= 15 is 0 Å². The molecule has 7 heteroatoms. The molecule has 0 bridgehead atoms. The first-order chi connectivity index (χ1) is 11.0. The molecule has 0 spiro atoms. The molecule has 130 valence electrons. The van der Waals surface area contributed by atoms with Crippen molar-refractivity contribution >= 4 is 10.1 Å². The zero-order valence-electron chi connectivity index (χ0n) is 13.6. The molecular weight excluding hydrogens is 320 g/mol. The first kappa shape index (κ1) is 18.2. The van der Waals surface area contributed by atoms with Gasteiger partial charge in [0.25, 0.3) is 0 Å². The molecule has 1 aromatic carbocycles. The molecule has 2 rings (SSSR count). The summed E-state index contributed by atoms with van der Waals surface area (Å²) >= 11 is 0. The van der Waals surface area contributed by atoms with Crippen molar-refractivity contribution in [1.29, 1.82) is 0 Å². The number of ether oxygens (including phenoxy) is 3. The molecule has 1 saturated heterocycles. The smallest absolute Gasteiger partial charge is 0.300 e. The van der Waals surface area contributed by atoms with Gasteiger partial charge in [-0.2, -0.15) is 8.42 Å². The minimum atomic E-state index is -3.81. The topological polar surface area (TPSA) is 71.1 Å². The molecule has 6 nitrogen and oxygen atoms in total. The van der Waals surface area contributed by atoms with Gasteiger partial charge in [-0.15, -0.1) is 0 Å². The Balaban J connectivity index is 1.94. The van der Waals surface area contributed by atoms with Gasteiger partial charge in [0.15, 0.2) is 6.29 Å². The van der Waals surface area contributed by atoms with Crippen LogP contribution in [0.3, 0.4) is 0 Å². The van der Waals surface area contributed by atoms with Gasteiger partial charge in [-0.05, 0) is 50.8 Å². The lowest BCUT2D eigenvalue weighted by Gasteiger charge is -2.22. The molecule has 0 saturated carbocycles. The first-order valence-electron chi connectivity index (χ1n) is 7.89. The summed E-state index contributed by atoms with van der Waals surface area (Å²) in [5, 5.41) is 0. The van der Waals surface area contributed by atoms with E-state index in [1.807, 2.05) is 6.92 Å². The normalized spacial score (nSPS) is 18.8. The second-order valence-electron chi connectivity index (χ2n) is 5.33. The van der Waals surface area contributed by atoms with Gasteiger partial charge in [0.05, 0.1) is 13.2 Å². The van der Waals surface area contributed by atoms with Crippen LogP contribution in [0.5, 0.6) is 5.75 Å². The maximum absolute atomic E-state index is 12.1. The molecule has 0 radical (unpaired) electrons. The van der Waals surface area contributed by atoms with Crippen LogP contribution in [-0.4, -0.2) is 41.1 Å². The highest BCUT2D eigenvalue weighted by Crippen LogP contribution is 2.26. The second-order valence-corrected chi connectivity index (χ2v) is 6.91. The zero-order chi connectivity index (χ0) is 16.7. The van der Waals surface area contributed by atoms with Crippen LogP contribution < -0.4 is 4.74 Å². The van der Waals surface area contributed by atoms with Gasteiger partial charge in [-0.1, -0.05) is 6.07 Å². The summed E-state index contributed by atoms with van der Waals surface area (Å²) in [6.07, 6.45) is 2.86. The number of aryl methyl sites for hydroxylation is 1. The summed E-state index contributed by atoms with van der Waals surface area (Å²) in [6.45, 7) is 4.89. The number of hydrogen-bond donors (Lipinski definition) is 0. The molecule has 0 amide bonds. The van der Waals surface area contributed by atoms with Crippen LogP contribution in [0.25, 0.3) is 0 Å². The Kier molecular flexibility index (Phi) is 6.83. The van der Waals surface area contributed by atoms with Crippen molar-refractivity contribution in [3.05, 3.63) is 23.8 Å². The molecule has 0 N–H and O–H groups in total. The average Bonchev–Trinajstić information content (AvgIpc) is 2.52. The largest absolute Gasteiger partial charge is 0.490 e. The van der Waals surface area contributed by atoms with Crippen molar-refractivity contribution in [3.63, 3.8) is 0 Å². The summed E-state index contributed by atoms with van der Waals surface area (Å²) in [6, 6.07) is 4.90. The van der Waals surface area contributed by atoms with Gasteiger partial charge >= 0.3 is 10.1 Å². The van der Waals surface area contributed by atoms with Gasteiger partial charge in [-0.25, -0.2) is 0 Å². The Morgan fingerprint density at radius 3 is 2.78 bits per heavy atom. The Hall–Kier alpha value is -1.15. The number of benzene rings is 1. The average molecular weight is 344 g/mol. The summed E-state index contributed by atoms with van der Waals surface area (Å²) in [4.78, 5) is 0.0406. The van der Waals surface area contributed by atoms with Crippen molar-refractivity contribution in [2.24, 2.45) is 0 Å². The highest BCUT2D eigenvalue weighted by Gasteiger charge is 2.20. The maximum Gasteiger partial charge on any atom is 0.300 e. The molecule has 1 atom stereocenters. The van der Waals surface area contributed by atoms with E-state index in [0.717, 1.165) is 31.4 Å². The minimum Gasteiger partial charge on any atom is -0.490 e. The van der Waals surface area contributed by atoms with Crippen molar-refractivity contribution in [2.75, 3.05) is 26.4 Å². The Morgan fingerprint density at radius 2 is 2.09 bits per heavy atom. The molecule has 1 heterocycles. The molecule has 0 aliphatic carbocycles. The molecule has 23 heavy (non-hydrogen) atoms. The van der Waals surface area contributed by atoms with Crippen LogP contribution >= 0.6 is 0 Å². The van der Waals surface area contributed by atoms with E-state index in [2.05, 4.69) is 0 Å². The van der Waals surface area contributed by atoms with E-state index in [-0.39, 0.29) is 30.1 Å². The van der Waals surface area contributed by atoms with E-state index < -0.39 is 10.1 Å². The van der Waals surface area contributed by atoms with E-state index in [4.69, 9.17) is 18.4 Å². The van der Waals surface area contributed by atoms with Gasteiger partial charge in [-0.3, -0.25) is 4.18 Å². The molecule has 1 unspecified atom stereocenters. The Labute approximate surface area is 137 Å².